The highest BCUT2D eigenvalue weighted by atomic mass is 16.5. The van der Waals surface area contributed by atoms with Gasteiger partial charge in [-0.2, -0.15) is 15.0 Å². The van der Waals surface area contributed by atoms with Gasteiger partial charge in [0.25, 0.3) is 0 Å². The summed E-state index contributed by atoms with van der Waals surface area (Å²) in [6.07, 6.45) is 3.55. The highest BCUT2D eigenvalue weighted by Crippen LogP contribution is 2.11. The quantitative estimate of drug-likeness (QED) is 0.822. The van der Waals surface area contributed by atoms with Gasteiger partial charge in [-0.05, 0) is 24.1 Å². The minimum Gasteiger partial charge on any atom is -0.467 e. The maximum absolute atomic E-state index is 5.54. The molecule has 18 heavy (non-hydrogen) atoms. The molecule has 0 bridgehead atoms. The van der Waals surface area contributed by atoms with Gasteiger partial charge in [0.1, 0.15) is 0 Å². The van der Waals surface area contributed by atoms with E-state index in [-0.39, 0.29) is 12.0 Å². The van der Waals surface area contributed by atoms with Crippen molar-refractivity contribution < 1.29 is 4.74 Å². The first-order chi connectivity index (χ1) is 8.69. The molecule has 0 unspecified atom stereocenters. The number of aryl methyl sites for hydroxylation is 1. The van der Waals surface area contributed by atoms with Crippen LogP contribution in [-0.2, 0) is 6.54 Å². The third-order valence-corrected chi connectivity index (χ3v) is 2.40. The summed E-state index contributed by atoms with van der Waals surface area (Å²) in [6, 6.07) is 2.13. The summed E-state index contributed by atoms with van der Waals surface area (Å²) in [6.45, 7) is 2.58. The molecule has 7 nitrogen and oxygen atoms in total. The number of methoxy groups -OCH3 is 1. The van der Waals surface area contributed by atoms with Crippen LogP contribution in [0.4, 0.5) is 11.9 Å². The molecule has 0 aliphatic carbocycles. The van der Waals surface area contributed by atoms with E-state index in [1.54, 1.807) is 12.4 Å². The number of hydrogen-bond donors (Lipinski definition) is 2. The summed E-state index contributed by atoms with van der Waals surface area (Å²) in [4.78, 5) is 15.9. The van der Waals surface area contributed by atoms with Gasteiger partial charge in [0.2, 0.25) is 11.9 Å². The Morgan fingerprint density at radius 1 is 1.33 bits per heavy atom. The molecular formula is C11H14N6O. The van der Waals surface area contributed by atoms with Crippen LogP contribution in [0.2, 0.25) is 0 Å². The molecule has 0 aliphatic rings. The summed E-state index contributed by atoms with van der Waals surface area (Å²) < 4.78 is 4.92. The number of aromatic nitrogens is 4. The molecule has 2 rings (SSSR count). The van der Waals surface area contributed by atoms with Crippen molar-refractivity contribution in [3.63, 3.8) is 0 Å². The fourth-order valence-corrected chi connectivity index (χ4v) is 1.40. The number of nitrogens with zero attached hydrogens (tertiary/aromatic N) is 4. The second-order valence-corrected chi connectivity index (χ2v) is 3.66. The summed E-state index contributed by atoms with van der Waals surface area (Å²) in [5, 5.41) is 3.06. The molecule has 0 fully saturated rings. The van der Waals surface area contributed by atoms with Gasteiger partial charge in [0.05, 0.1) is 7.11 Å². The molecule has 0 spiro atoms. The zero-order valence-electron chi connectivity index (χ0n) is 10.2. The van der Waals surface area contributed by atoms with E-state index in [0.717, 1.165) is 11.1 Å². The van der Waals surface area contributed by atoms with Crippen molar-refractivity contribution in [2.45, 2.75) is 13.5 Å². The maximum Gasteiger partial charge on any atom is 0.322 e. The number of hydrogen-bond acceptors (Lipinski definition) is 7. The first kappa shape index (κ1) is 12.0. The van der Waals surface area contributed by atoms with Crippen LogP contribution in [0.25, 0.3) is 0 Å². The number of nitrogens with two attached hydrogens (primary N) is 1. The number of rotatable bonds is 4. The number of ether oxygens (including phenoxy) is 1. The maximum atomic E-state index is 5.54. The number of anilines is 2. The Hall–Kier alpha value is -2.44. The van der Waals surface area contributed by atoms with Crippen molar-refractivity contribution in [2.24, 2.45) is 0 Å². The monoisotopic (exact) mass is 246 g/mol. The zero-order chi connectivity index (χ0) is 13.0. The fraction of sp³-hybridized carbons (Fsp3) is 0.273. The fourth-order valence-electron chi connectivity index (χ4n) is 1.40. The van der Waals surface area contributed by atoms with Gasteiger partial charge in [-0.15, -0.1) is 0 Å². The molecule has 0 radical (unpaired) electrons. The standard InChI is InChI=1S/C11H14N6O/c1-7-3-4-13-5-8(7)6-14-10-15-9(12)16-11(17-10)18-2/h3-5H,6H2,1-2H3,(H3,12,14,15,16,17). The Balaban J connectivity index is 2.11. The van der Waals surface area contributed by atoms with Gasteiger partial charge in [-0.1, -0.05) is 0 Å². The van der Waals surface area contributed by atoms with Gasteiger partial charge in [-0.25, -0.2) is 0 Å². The minimum atomic E-state index is 0.118. The van der Waals surface area contributed by atoms with Crippen molar-refractivity contribution >= 4 is 11.9 Å². The molecular weight excluding hydrogens is 232 g/mol. The number of nitrogens with one attached hydrogen (secondary N) is 1. The van der Waals surface area contributed by atoms with Crippen molar-refractivity contribution in [1.29, 1.82) is 0 Å². The van der Waals surface area contributed by atoms with Gasteiger partial charge >= 0.3 is 6.01 Å². The molecule has 0 aromatic carbocycles. The molecule has 0 atom stereocenters. The molecule has 2 heterocycles. The summed E-state index contributed by atoms with van der Waals surface area (Å²) in [5.74, 6) is 0.495. The van der Waals surface area contributed by atoms with Crippen molar-refractivity contribution in [2.75, 3.05) is 18.2 Å². The predicted octanol–water partition coefficient (Wildman–Crippen LogP) is 0.778. The van der Waals surface area contributed by atoms with Crippen LogP contribution in [0.3, 0.4) is 0 Å². The zero-order valence-corrected chi connectivity index (χ0v) is 10.2. The van der Waals surface area contributed by atoms with Gasteiger partial charge in [0, 0.05) is 18.9 Å². The van der Waals surface area contributed by atoms with E-state index < -0.39 is 0 Å². The lowest BCUT2D eigenvalue weighted by Gasteiger charge is -2.08. The lowest BCUT2D eigenvalue weighted by Crippen LogP contribution is -2.09. The first-order valence-electron chi connectivity index (χ1n) is 5.38. The summed E-state index contributed by atoms with van der Waals surface area (Å²) >= 11 is 0. The van der Waals surface area contributed by atoms with Crippen molar-refractivity contribution in [3.05, 3.63) is 29.6 Å². The van der Waals surface area contributed by atoms with E-state index in [0.29, 0.717) is 12.5 Å². The van der Waals surface area contributed by atoms with E-state index in [2.05, 4.69) is 25.3 Å². The SMILES string of the molecule is COc1nc(N)nc(NCc2cnccc2C)n1. The van der Waals surface area contributed by atoms with E-state index in [1.165, 1.54) is 7.11 Å². The number of pyridine rings is 1. The Morgan fingerprint density at radius 3 is 2.89 bits per heavy atom. The lowest BCUT2D eigenvalue weighted by molar-refractivity contribution is 0.379. The average Bonchev–Trinajstić information content (AvgIpc) is 2.37. The normalized spacial score (nSPS) is 10.1. The third kappa shape index (κ3) is 2.82. The van der Waals surface area contributed by atoms with Gasteiger partial charge in [-0.3, -0.25) is 4.98 Å². The van der Waals surface area contributed by atoms with Crippen LogP contribution in [0, 0.1) is 6.92 Å². The molecule has 2 aromatic heterocycles. The Bertz CT molecular complexity index is 545. The summed E-state index contributed by atoms with van der Waals surface area (Å²) in [5.41, 5.74) is 7.75. The second-order valence-electron chi connectivity index (χ2n) is 3.66. The smallest absolute Gasteiger partial charge is 0.322 e. The number of nitrogen functional groups attached to an aromatic ring is 1. The van der Waals surface area contributed by atoms with E-state index >= 15 is 0 Å². The van der Waals surface area contributed by atoms with Gasteiger partial charge < -0.3 is 15.8 Å². The average molecular weight is 246 g/mol. The Labute approximate surface area is 104 Å². The van der Waals surface area contributed by atoms with Gasteiger partial charge in [0.15, 0.2) is 0 Å². The van der Waals surface area contributed by atoms with Crippen LogP contribution in [0.1, 0.15) is 11.1 Å². The molecule has 7 heteroatoms. The largest absolute Gasteiger partial charge is 0.467 e. The van der Waals surface area contributed by atoms with Crippen LogP contribution >= 0.6 is 0 Å². The molecule has 0 aliphatic heterocycles. The van der Waals surface area contributed by atoms with Crippen LogP contribution in [-0.4, -0.2) is 27.0 Å². The first-order valence-corrected chi connectivity index (χ1v) is 5.38. The molecule has 2 aromatic rings. The van der Waals surface area contributed by atoms with Crippen LogP contribution < -0.4 is 15.8 Å². The predicted molar refractivity (Wildman–Crippen MR) is 67.1 cm³/mol. The molecule has 0 saturated carbocycles. The molecule has 0 amide bonds. The highest BCUT2D eigenvalue weighted by Gasteiger charge is 2.04. The second kappa shape index (κ2) is 5.26. The molecule has 3 N–H and O–H groups in total. The Kier molecular flexibility index (Phi) is 3.52. The van der Waals surface area contributed by atoms with Crippen molar-refractivity contribution in [3.8, 4) is 6.01 Å². The van der Waals surface area contributed by atoms with E-state index in [9.17, 15) is 0 Å². The van der Waals surface area contributed by atoms with E-state index in [4.69, 9.17) is 10.5 Å². The van der Waals surface area contributed by atoms with Crippen LogP contribution in [0.15, 0.2) is 18.5 Å². The summed E-state index contributed by atoms with van der Waals surface area (Å²) in [7, 11) is 1.48. The van der Waals surface area contributed by atoms with E-state index in [1.807, 2.05) is 13.0 Å². The highest BCUT2D eigenvalue weighted by molar-refractivity contribution is 5.34. The van der Waals surface area contributed by atoms with Crippen LogP contribution in [0.5, 0.6) is 6.01 Å². The minimum absolute atomic E-state index is 0.118. The topological polar surface area (TPSA) is 98.8 Å². The molecule has 94 valence electrons. The third-order valence-electron chi connectivity index (χ3n) is 2.40. The lowest BCUT2D eigenvalue weighted by atomic mass is 10.2. The Morgan fingerprint density at radius 2 is 2.17 bits per heavy atom. The molecule has 0 saturated heterocycles. The van der Waals surface area contributed by atoms with Crippen molar-refractivity contribution in [1.82, 2.24) is 19.9 Å².